The van der Waals surface area contributed by atoms with Crippen LogP contribution >= 0.6 is 23.2 Å². The Bertz CT molecular complexity index is 399. The molecule has 94 valence electrons. The number of halogens is 2. The molecule has 4 nitrogen and oxygen atoms in total. The third-order valence-corrected chi connectivity index (χ3v) is 2.70. The number of benzene rings is 1. The highest BCUT2D eigenvalue weighted by molar-refractivity contribution is 6.42. The Kier molecular flexibility index (Phi) is 5.55. The number of hydrogen-bond acceptors (Lipinski definition) is 3. The Morgan fingerprint density at radius 2 is 2.12 bits per heavy atom. The van der Waals surface area contributed by atoms with Crippen molar-refractivity contribution < 1.29 is 9.53 Å². The molecule has 0 saturated heterocycles. The van der Waals surface area contributed by atoms with E-state index < -0.39 is 6.09 Å². The molecule has 0 saturated carbocycles. The fourth-order valence-electron chi connectivity index (χ4n) is 1.23. The van der Waals surface area contributed by atoms with E-state index in [4.69, 9.17) is 27.9 Å². The monoisotopic (exact) mass is 276 g/mol. The van der Waals surface area contributed by atoms with Crippen LogP contribution in [0, 0.1) is 0 Å². The topological polar surface area (TPSA) is 50.4 Å². The summed E-state index contributed by atoms with van der Waals surface area (Å²) in [5.74, 6) is 0. The Morgan fingerprint density at radius 3 is 2.71 bits per heavy atom. The van der Waals surface area contributed by atoms with Crippen molar-refractivity contribution in [2.75, 3.05) is 18.9 Å². The van der Waals surface area contributed by atoms with Gasteiger partial charge in [-0.2, -0.15) is 0 Å². The summed E-state index contributed by atoms with van der Waals surface area (Å²) >= 11 is 11.6. The number of carbonyl (C=O) groups is 1. The summed E-state index contributed by atoms with van der Waals surface area (Å²) in [6, 6.07) is 4.82. The number of anilines is 1. The maximum atomic E-state index is 11.5. The molecule has 0 aliphatic heterocycles. The minimum absolute atomic E-state index is 0.206. The van der Waals surface area contributed by atoms with Gasteiger partial charge >= 0.3 is 6.09 Å². The Balaban J connectivity index is 2.53. The van der Waals surface area contributed by atoms with Crippen LogP contribution in [0.5, 0.6) is 0 Å². The Labute approximate surface area is 110 Å². The minimum atomic E-state index is -0.522. The maximum absolute atomic E-state index is 11.5. The smallest absolute Gasteiger partial charge is 0.411 e. The average Bonchev–Trinajstić information content (AvgIpc) is 2.23. The Morgan fingerprint density at radius 1 is 1.41 bits per heavy atom. The first kappa shape index (κ1) is 14.1. The van der Waals surface area contributed by atoms with Crippen molar-refractivity contribution >= 4 is 35.0 Å². The summed E-state index contributed by atoms with van der Waals surface area (Å²) in [5, 5.41) is 6.30. The first-order valence-electron chi connectivity index (χ1n) is 5.10. The van der Waals surface area contributed by atoms with Crippen LogP contribution < -0.4 is 10.6 Å². The lowest BCUT2D eigenvalue weighted by atomic mass is 10.3. The molecule has 1 unspecified atom stereocenters. The van der Waals surface area contributed by atoms with Crippen LogP contribution in [0.2, 0.25) is 10.0 Å². The lowest BCUT2D eigenvalue weighted by molar-refractivity contribution is 0.121. The first-order chi connectivity index (χ1) is 8.02. The van der Waals surface area contributed by atoms with E-state index in [9.17, 15) is 4.79 Å². The summed E-state index contributed by atoms with van der Waals surface area (Å²) in [4.78, 5) is 11.5. The molecule has 0 bridgehead atoms. The molecule has 0 aliphatic rings. The number of carbonyl (C=O) groups excluding carboxylic acids is 1. The third-order valence-electron chi connectivity index (χ3n) is 1.97. The molecule has 17 heavy (non-hydrogen) atoms. The van der Waals surface area contributed by atoms with E-state index in [1.165, 1.54) is 0 Å². The summed E-state index contributed by atoms with van der Waals surface area (Å²) < 4.78 is 5.08. The largest absolute Gasteiger partial charge is 0.445 e. The molecule has 0 aromatic heterocycles. The van der Waals surface area contributed by atoms with E-state index in [0.717, 1.165) is 0 Å². The average molecular weight is 277 g/mol. The Hall–Kier alpha value is -0.970. The molecule has 0 radical (unpaired) electrons. The molecule has 0 heterocycles. The van der Waals surface area contributed by atoms with Gasteiger partial charge in [0.1, 0.15) is 6.10 Å². The number of nitrogens with one attached hydrogen (secondary N) is 2. The number of ether oxygens (including phenoxy) is 1. The predicted molar refractivity (Wildman–Crippen MR) is 70.0 cm³/mol. The molecule has 1 aromatic carbocycles. The zero-order valence-electron chi connectivity index (χ0n) is 9.59. The van der Waals surface area contributed by atoms with Gasteiger partial charge in [-0.25, -0.2) is 4.79 Å². The van der Waals surface area contributed by atoms with E-state index in [-0.39, 0.29) is 6.10 Å². The fraction of sp³-hybridized carbons (Fsp3) is 0.364. The number of likely N-dealkylation sites (N-methyl/N-ethyl adjacent to an activating group) is 1. The standard InChI is InChI=1S/C11H14Cl2N2O2/c1-7(6-14-2)17-11(16)15-8-3-4-9(12)10(13)5-8/h3-5,7,14H,6H2,1-2H3,(H,15,16). The van der Waals surface area contributed by atoms with E-state index in [2.05, 4.69) is 10.6 Å². The van der Waals surface area contributed by atoms with Gasteiger partial charge in [-0.15, -0.1) is 0 Å². The highest BCUT2D eigenvalue weighted by Gasteiger charge is 2.09. The third kappa shape index (κ3) is 4.81. The highest BCUT2D eigenvalue weighted by Crippen LogP contribution is 2.25. The second-order valence-electron chi connectivity index (χ2n) is 3.53. The van der Waals surface area contributed by atoms with Crippen molar-refractivity contribution in [3.05, 3.63) is 28.2 Å². The van der Waals surface area contributed by atoms with Crippen LogP contribution in [-0.2, 0) is 4.74 Å². The maximum Gasteiger partial charge on any atom is 0.411 e. The number of rotatable bonds is 4. The second-order valence-corrected chi connectivity index (χ2v) is 4.34. The predicted octanol–water partition coefficient (Wildman–Crippen LogP) is 3.15. The van der Waals surface area contributed by atoms with Gasteiger partial charge in [-0.3, -0.25) is 5.32 Å². The molecule has 0 fully saturated rings. The second kappa shape index (κ2) is 6.69. The highest BCUT2D eigenvalue weighted by atomic mass is 35.5. The first-order valence-corrected chi connectivity index (χ1v) is 5.86. The van der Waals surface area contributed by atoms with Crippen LogP contribution in [0.3, 0.4) is 0 Å². The van der Waals surface area contributed by atoms with E-state index in [0.29, 0.717) is 22.3 Å². The molecule has 2 N–H and O–H groups in total. The minimum Gasteiger partial charge on any atom is -0.445 e. The molecule has 0 spiro atoms. The quantitative estimate of drug-likeness (QED) is 0.888. The van der Waals surface area contributed by atoms with Crippen LogP contribution in [0.1, 0.15) is 6.92 Å². The molecule has 1 amide bonds. The van der Waals surface area contributed by atoms with Crippen molar-refractivity contribution in [1.29, 1.82) is 0 Å². The van der Waals surface area contributed by atoms with Gasteiger partial charge in [0, 0.05) is 12.2 Å². The van der Waals surface area contributed by atoms with Crippen molar-refractivity contribution in [3.63, 3.8) is 0 Å². The molecular formula is C11H14Cl2N2O2. The number of hydrogen-bond donors (Lipinski definition) is 2. The van der Waals surface area contributed by atoms with Crippen molar-refractivity contribution in [2.45, 2.75) is 13.0 Å². The molecule has 6 heteroatoms. The van der Waals surface area contributed by atoms with Crippen LogP contribution in [0.4, 0.5) is 10.5 Å². The number of amides is 1. The van der Waals surface area contributed by atoms with E-state index in [1.807, 2.05) is 0 Å². The fourth-order valence-corrected chi connectivity index (χ4v) is 1.53. The van der Waals surface area contributed by atoms with Gasteiger partial charge in [0.2, 0.25) is 0 Å². The lowest BCUT2D eigenvalue weighted by Crippen LogP contribution is -2.28. The molecule has 1 rings (SSSR count). The molecular weight excluding hydrogens is 263 g/mol. The van der Waals surface area contributed by atoms with Crippen LogP contribution in [-0.4, -0.2) is 25.8 Å². The van der Waals surface area contributed by atoms with Gasteiger partial charge in [0.05, 0.1) is 10.0 Å². The van der Waals surface area contributed by atoms with Gasteiger partial charge in [-0.1, -0.05) is 23.2 Å². The van der Waals surface area contributed by atoms with Crippen molar-refractivity contribution in [3.8, 4) is 0 Å². The molecule has 1 atom stereocenters. The van der Waals surface area contributed by atoms with Gasteiger partial charge in [0.15, 0.2) is 0 Å². The summed E-state index contributed by atoms with van der Waals surface area (Å²) in [5.41, 5.74) is 0.543. The van der Waals surface area contributed by atoms with Crippen molar-refractivity contribution in [1.82, 2.24) is 5.32 Å². The van der Waals surface area contributed by atoms with Gasteiger partial charge in [0.25, 0.3) is 0 Å². The summed E-state index contributed by atoms with van der Waals surface area (Å²) in [7, 11) is 1.79. The normalized spacial score (nSPS) is 12.0. The van der Waals surface area contributed by atoms with Gasteiger partial charge in [-0.05, 0) is 32.2 Å². The van der Waals surface area contributed by atoms with E-state index >= 15 is 0 Å². The van der Waals surface area contributed by atoms with Crippen molar-refractivity contribution in [2.24, 2.45) is 0 Å². The van der Waals surface area contributed by atoms with Crippen LogP contribution in [0.15, 0.2) is 18.2 Å². The van der Waals surface area contributed by atoms with Crippen LogP contribution in [0.25, 0.3) is 0 Å². The zero-order chi connectivity index (χ0) is 12.8. The van der Waals surface area contributed by atoms with Gasteiger partial charge < -0.3 is 10.1 Å². The molecule has 0 aliphatic carbocycles. The summed E-state index contributed by atoms with van der Waals surface area (Å²) in [6.45, 7) is 2.39. The SMILES string of the molecule is CNCC(C)OC(=O)Nc1ccc(Cl)c(Cl)c1. The van der Waals surface area contributed by atoms with E-state index in [1.54, 1.807) is 32.2 Å². The molecule has 1 aromatic rings. The zero-order valence-corrected chi connectivity index (χ0v) is 11.1. The summed E-state index contributed by atoms with van der Waals surface area (Å²) in [6.07, 6.45) is -0.728. The lowest BCUT2D eigenvalue weighted by Gasteiger charge is -2.13.